The lowest BCUT2D eigenvalue weighted by Crippen LogP contribution is -2.60. The lowest BCUT2D eigenvalue weighted by molar-refractivity contribution is -0.278. The van der Waals surface area contributed by atoms with E-state index in [1.165, 1.54) is 94.9 Å². The van der Waals surface area contributed by atoms with Crippen LogP contribution < -0.4 is 9.47 Å². The molecule has 2 heterocycles. The van der Waals surface area contributed by atoms with Gasteiger partial charge in [0, 0.05) is 18.6 Å². The van der Waals surface area contributed by atoms with Crippen molar-refractivity contribution in [1.82, 2.24) is 0 Å². The Morgan fingerprint density at radius 1 is 0.780 bits per heavy atom. The Hall–Kier alpha value is -3.38. The van der Waals surface area contributed by atoms with Crippen molar-refractivity contribution < 1.29 is 54.1 Å². The Morgan fingerprint density at radius 3 is 1.96 bits per heavy atom. The third-order valence-electron chi connectivity index (χ3n) is 9.55. The highest BCUT2D eigenvalue weighted by molar-refractivity contribution is 6.02. The number of aromatic hydroxyl groups is 2. The number of phenolic OH excluding ortho intramolecular Hbond substituents is 2. The van der Waals surface area contributed by atoms with Crippen molar-refractivity contribution >= 4 is 11.8 Å². The number of carbonyl (C=O) groups is 2. The third kappa shape index (κ3) is 11.9. The van der Waals surface area contributed by atoms with Crippen LogP contribution in [0.1, 0.15) is 138 Å². The number of fused-ring (bicyclic) bond motifs is 1. The average Bonchev–Trinajstić information content (AvgIpc) is 3.09. The molecule has 0 aromatic heterocycles. The number of phenols is 2. The summed E-state index contributed by atoms with van der Waals surface area (Å²) >= 11 is 0. The fourth-order valence-electron chi connectivity index (χ4n) is 6.53. The molecule has 11 heteroatoms. The highest BCUT2D eigenvalue weighted by Gasteiger charge is 2.45. The minimum absolute atomic E-state index is 0.0215. The summed E-state index contributed by atoms with van der Waals surface area (Å²) in [6.07, 6.45) is 10.3. The van der Waals surface area contributed by atoms with Gasteiger partial charge in [-0.1, -0.05) is 109 Å². The van der Waals surface area contributed by atoms with Crippen molar-refractivity contribution in [3.05, 3.63) is 47.5 Å². The van der Waals surface area contributed by atoms with E-state index in [4.69, 9.17) is 18.9 Å². The number of unbranched alkanes of at least 4 members (excludes halogenated alkanes) is 14. The van der Waals surface area contributed by atoms with Crippen molar-refractivity contribution in [3.63, 3.8) is 0 Å². The zero-order valence-electron chi connectivity index (χ0n) is 29.3. The lowest BCUT2D eigenvalue weighted by Gasteiger charge is -2.40. The van der Waals surface area contributed by atoms with Gasteiger partial charge in [0.05, 0.1) is 6.42 Å². The van der Waals surface area contributed by atoms with Gasteiger partial charge in [-0.15, -0.1) is 0 Å². The van der Waals surface area contributed by atoms with E-state index in [0.717, 1.165) is 19.3 Å². The lowest BCUT2D eigenvalue weighted by atomic mass is 9.95. The number of hydrogen-bond acceptors (Lipinski definition) is 11. The van der Waals surface area contributed by atoms with Crippen LogP contribution in [-0.4, -0.2) is 74.6 Å². The Balaban J connectivity index is 1.16. The topological polar surface area (TPSA) is 172 Å². The third-order valence-corrected chi connectivity index (χ3v) is 9.55. The Labute approximate surface area is 295 Å². The van der Waals surface area contributed by atoms with E-state index in [9.17, 15) is 35.1 Å². The minimum Gasteiger partial charge on any atom is -0.508 e. The summed E-state index contributed by atoms with van der Waals surface area (Å²) in [7, 11) is 0. The summed E-state index contributed by atoms with van der Waals surface area (Å²) in [5.74, 6) is -1.12. The maximum absolute atomic E-state index is 12.9. The molecule has 1 saturated heterocycles. The van der Waals surface area contributed by atoms with Crippen LogP contribution in [0.15, 0.2) is 36.4 Å². The first-order valence-corrected chi connectivity index (χ1v) is 18.6. The van der Waals surface area contributed by atoms with Crippen molar-refractivity contribution in [3.8, 4) is 23.0 Å². The summed E-state index contributed by atoms with van der Waals surface area (Å²) in [5, 5.41) is 51.8. The van der Waals surface area contributed by atoms with E-state index >= 15 is 0 Å². The molecule has 0 unspecified atom stereocenters. The molecule has 0 amide bonds. The first-order chi connectivity index (χ1) is 24.2. The molecule has 0 radical (unpaired) electrons. The molecule has 5 N–H and O–H groups in total. The number of hydrogen-bond donors (Lipinski definition) is 5. The number of carbonyl (C=O) groups excluding carboxylic acids is 2. The number of benzene rings is 2. The van der Waals surface area contributed by atoms with Gasteiger partial charge in [0.2, 0.25) is 6.29 Å². The largest absolute Gasteiger partial charge is 0.508 e. The molecule has 11 nitrogen and oxygen atoms in total. The first kappa shape index (κ1) is 39.4. The van der Waals surface area contributed by atoms with Gasteiger partial charge in [0.1, 0.15) is 65.7 Å². The number of aliphatic hydroxyl groups is 3. The monoisotopic (exact) mass is 700 g/mol. The van der Waals surface area contributed by atoms with Crippen LogP contribution >= 0.6 is 0 Å². The van der Waals surface area contributed by atoms with E-state index in [1.54, 1.807) is 12.1 Å². The van der Waals surface area contributed by atoms with Crippen molar-refractivity contribution in [1.29, 1.82) is 0 Å². The second kappa shape index (κ2) is 20.5. The normalized spacial score (nSPS) is 23.2. The molecule has 0 saturated carbocycles. The van der Waals surface area contributed by atoms with Crippen LogP contribution in [0, 0.1) is 0 Å². The molecule has 0 aliphatic carbocycles. The van der Waals surface area contributed by atoms with E-state index in [-0.39, 0.29) is 48.0 Å². The van der Waals surface area contributed by atoms with Gasteiger partial charge in [0.15, 0.2) is 5.78 Å². The standard InChI is InChI=1S/C39H56O11/c1-2-3-4-5-6-7-8-9-10-11-12-13-14-15-16-17-34(43)47-25-33-36(44)37(45)38(46)39(50-33)48-28-22-29(41)35-30(42)24-31(49-32(35)23-28)26-18-20-27(40)21-19-26/h18-23,31,33,36-41,44-46H,2-17,24-25H2,1H3/t31-,33+,36+,37-,38+,39+/m0/s1. The fourth-order valence-corrected chi connectivity index (χ4v) is 6.53. The summed E-state index contributed by atoms with van der Waals surface area (Å²) < 4.78 is 22.8. The van der Waals surface area contributed by atoms with Crippen LogP contribution in [0.4, 0.5) is 0 Å². The van der Waals surface area contributed by atoms with Gasteiger partial charge in [0.25, 0.3) is 0 Å². The molecule has 2 aromatic rings. The number of ether oxygens (including phenoxy) is 4. The molecule has 6 atom stereocenters. The van der Waals surface area contributed by atoms with E-state index in [0.29, 0.717) is 12.0 Å². The Bertz CT molecular complexity index is 1330. The average molecular weight is 701 g/mol. The fraction of sp³-hybridized carbons (Fsp3) is 0.641. The maximum Gasteiger partial charge on any atom is 0.305 e. The molecule has 278 valence electrons. The number of rotatable bonds is 21. The zero-order valence-corrected chi connectivity index (χ0v) is 29.3. The molecule has 1 fully saturated rings. The second-order valence-corrected chi connectivity index (χ2v) is 13.7. The molecule has 4 rings (SSSR count). The molecule has 50 heavy (non-hydrogen) atoms. The molecule has 2 aliphatic heterocycles. The number of aliphatic hydroxyl groups excluding tert-OH is 3. The highest BCUT2D eigenvalue weighted by Crippen LogP contribution is 2.42. The summed E-state index contributed by atoms with van der Waals surface area (Å²) in [5.41, 5.74) is 0.625. The van der Waals surface area contributed by atoms with Crippen LogP contribution in [0.3, 0.4) is 0 Å². The molecule has 0 spiro atoms. The van der Waals surface area contributed by atoms with Crippen molar-refractivity contribution in [2.75, 3.05) is 6.61 Å². The van der Waals surface area contributed by atoms with Gasteiger partial charge in [-0.25, -0.2) is 0 Å². The quantitative estimate of drug-likeness (QED) is 0.0685. The Morgan fingerprint density at radius 2 is 1.36 bits per heavy atom. The summed E-state index contributed by atoms with van der Waals surface area (Å²) in [6, 6.07) is 8.74. The molecular weight excluding hydrogens is 644 g/mol. The van der Waals surface area contributed by atoms with Gasteiger partial charge >= 0.3 is 5.97 Å². The van der Waals surface area contributed by atoms with Crippen LogP contribution in [-0.2, 0) is 14.3 Å². The summed E-state index contributed by atoms with van der Waals surface area (Å²) in [6.45, 7) is 1.89. The van der Waals surface area contributed by atoms with Crippen molar-refractivity contribution in [2.24, 2.45) is 0 Å². The van der Waals surface area contributed by atoms with E-state index < -0.39 is 48.5 Å². The van der Waals surface area contributed by atoms with Crippen LogP contribution in [0.2, 0.25) is 0 Å². The Kier molecular flexibility index (Phi) is 16.1. The molecular formula is C39H56O11. The number of Topliss-reactive ketones (excluding diaryl/α,β-unsaturated/α-hetero) is 1. The predicted molar refractivity (Wildman–Crippen MR) is 186 cm³/mol. The van der Waals surface area contributed by atoms with Crippen molar-refractivity contribution in [2.45, 2.75) is 153 Å². The zero-order chi connectivity index (χ0) is 35.9. The summed E-state index contributed by atoms with van der Waals surface area (Å²) in [4.78, 5) is 25.3. The number of esters is 1. The van der Waals surface area contributed by atoms with Gasteiger partial charge in [-0.05, 0) is 24.1 Å². The smallest absolute Gasteiger partial charge is 0.305 e. The van der Waals surface area contributed by atoms with Gasteiger partial charge in [-0.3, -0.25) is 9.59 Å². The van der Waals surface area contributed by atoms with E-state index in [1.807, 2.05) is 0 Å². The minimum atomic E-state index is -1.68. The maximum atomic E-state index is 12.9. The molecule has 2 aromatic carbocycles. The number of ketones is 1. The molecule has 0 bridgehead atoms. The highest BCUT2D eigenvalue weighted by atomic mass is 16.7. The van der Waals surface area contributed by atoms with Crippen LogP contribution in [0.5, 0.6) is 23.0 Å². The van der Waals surface area contributed by atoms with Gasteiger partial charge < -0.3 is 44.5 Å². The van der Waals surface area contributed by atoms with Crippen LogP contribution in [0.25, 0.3) is 0 Å². The second-order valence-electron chi connectivity index (χ2n) is 13.7. The van der Waals surface area contributed by atoms with E-state index in [2.05, 4.69) is 6.92 Å². The molecule has 2 aliphatic rings. The predicted octanol–water partition coefficient (Wildman–Crippen LogP) is 6.80. The first-order valence-electron chi connectivity index (χ1n) is 18.6. The SMILES string of the molecule is CCCCCCCCCCCCCCCCCC(=O)OC[C@H]1O[C@@H](Oc2cc(O)c3c(c2)O[C@H](c2ccc(O)cc2)CC3=O)[C@H](O)[C@@H](O)[C@@H]1O. The van der Waals surface area contributed by atoms with Gasteiger partial charge in [-0.2, -0.15) is 0 Å².